The first-order chi connectivity index (χ1) is 18.3. The summed E-state index contributed by atoms with van der Waals surface area (Å²) in [5, 5.41) is 8.56. The highest BCUT2D eigenvalue weighted by Gasteiger charge is 2.05. The summed E-state index contributed by atoms with van der Waals surface area (Å²) in [5.41, 5.74) is 3.73. The van der Waals surface area contributed by atoms with Gasteiger partial charge < -0.3 is 9.47 Å². The lowest BCUT2D eigenvalue weighted by molar-refractivity contribution is 0.290. The van der Waals surface area contributed by atoms with Crippen LogP contribution >= 0.6 is 0 Å². The van der Waals surface area contributed by atoms with E-state index in [4.69, 9.17) is 9.47 Å². The summed E-state index contributed by atoms with van der Waals surface area (Å²) in [6.45, 7) is 5.98. The Kier molecular flexibility index (Phi) is 13.8. The average Bonchev–Trinajstić information content (AvgIpc) is 2.95. The third kappa shape index (κ3) is 11.0. The largest absolute Gasteiger partial charge is 0.494 e. The van der Waals surface area contributed by atoms with Crippen LogP contribution in [0.1, 0.15) is 78.1 Å². The van der Waals surface area contributed by atoms with Gasteiger partial charge in [0.1, 0.15) is 5.75 Å². The normalized spacial score (nSPS) is 11.0. The van der Waals surface area contributed by atoms with Gasteiger partial charge in [0.2, 0.25) is 5.88 Å². The van der Waals surface area contributed by atoms with E-state index in [0.717, 1.165) is 57.2 Å². The van der Waals surface area contributed by atoms with Crippen LogP contribution in [-0.4, -0.2) is 37.9 Å². The average molecular weight is 518 g/mol. The smallest absolute Gasteiger partial charge is 0.233 e. The molecule has 0 bridgehead atoms. The molecule has 0 aliphatic heterocycles. The van der Waals surface area contributed by atoms with Gasteiger partial charge in [-0.3, -0.25) is 4.98 Å². The topological polar surface area (TPSA) is 57.1 Å². The first-order valence-electron chi connectivity index (χ1n) is 14.2. The van der Waals surface area contributed by atoms with E-state index in [2.05, 4.69) is 41.2 Å². The highest BCUT2D eigenvalue weighted by atomic mass is 28.2. The number of rotatable bonds is 19. The van der Waals surface area contributed by atoms with Crippen molar-refractivity contribution in [3.8, 4) is 34.1 Å². The standard InChI is InChI=1S/C31H43N3O2Si/c1-3-5-7-8-9-10-22-36-31-20-19-30(33-34-31)27-15-18-29(32-25-27)26-13-16-28(17-14-26)35-21-11-12-24-37-23-6-4-2/h13-20,25H,3-12,21-24H2,1-2H3. The number of hydrogen-bond acceptors (Lipinski definition) is 5. The minimum atomic E-state index is 0.580. The van der Waals surface area contributed by atoms with Crippen LogP contribution in [0.4, 0.5) is 0 Å². The van der Waals surface area contributed by atoms with Gasteiger partial charge in [0, 0.05) is 32.9 Å². The van der Waals surface area contributed by atoms with Gasteiger partial charge in [0.25, 0.3) is 0 Å². The van der Waals surface area contributed by atoms with Crippen molar-refractivity contribution in [3.05, 3.63) is 54.7 Å². The highest BCUT2D eigenvalue weighted by Crippen LogP contribution is 2.24. The van der Waals surface area contributed by atoms with Gasteiger partial charge in [-0.2, -0.15) is 0 Å². The molecule has 37 heavy (non-hydrogen) atoms. The highest BCUT2D eigenvalue weighted by molar-refractivity contribution is 6.35. The van der Waals surface area contributed by atoms with Crippen molar-refractivity contribution in [1.82, 2.24) is 15.2 Å². The maximum atomic E-state index is 5.92. The van der Waals surface area contributed by atoms with E-state index in [-0.39, 0.29) is 0 Å². The van der Waals surface area contributed by atoms with Crippen LogP contribution in [0.5, 0.6) is 11.6 Å². The molecular weight excluding hydrogens is 474 g/mol. The second-order valence-corrected chi connectivity index (χ2v) is 11.0. The Morgan fingerprint density at radius 1 is 0.595 bits per heavy atom. The van der Waals surface area contributed by atoms with E-state index in [1.807, 2.05) is 42.6 Å². The molecule has 198 valence electrons. The monoisotopic (exact) mass is 517 g/mol. The molecule has 0 aliphatic rings. The minimum Gasteiger partial charge on any atom is -0.494 e. The van der Waals surface area contributed by atoms with Crippen molar-refractivity contribution in [2.24, 2.45) is 0 Å². The number of ether oxygens (including phenoxy) is 2. The van der Waals surface area contributed by atoms with E-state index in [0.29, 0.717) is 12.5 Å². The number of benzene rings is 1. The van der Waals surface area contributed by atoms with Crippen molar-refractivity contribution in [3.63, 3.8) is 0 Å². The lowest BCUT2D eigenvalue weighted by Crippen LogP contribution is -2.00. The van der Waals surface area contributed by atoms with Crippen LogP contribution in [0, 0.1) is 0 Å². The van der Waals surface area contributed by atoms with Gasteiger partial charge in [0.05, 0.1) is 24.6 Å². The van der Waals surface area contributed by atoms with Crippen molar-refractivity contribution >= 4 is 9.52 Å². The van der Waals surface area contributed by atoms with Crippen LogP contribution in [-0.2, 0) is 0 Å². The molecule has 2 heterocycles. The predicted molar refractivity (Wildman–Crippen MR) is 155 cm³/mol. The zero-order valence-electron chi connectivity index (χ0n) is 22.8. The van der Waals surface area contributed by atoms with Crippen LogP contribution < -0.4 is 9.47 Å². The molecule has 2 aromatic heterocycles. The van der Waals surface area contributed by atoms with E-state index >= 15 is 0 Å². The number of unbranched alkanes of at least 4 members (excludes halogenated alkanes) is 7. The molecule has 6 heteroatoms. The van der Waals surface area contributed by atoms with Gasteiger partial charge >= 0.3 is 0 Å². The first kappa shape index (κ1) is 28.8. The predicted octanol–water partition coefficient (Wildman–Crippen LogP) is 8.44. The van der Waals surface area contributed by atoms with Crippen molar-refractivity contribution in [1.29, 1.82) is 0 Å². The second-order valence-electron chi connectivity index (χ2n) is 9.49. The number of aromatic nitrogens is 3. The molecule has 0 saturated carbocycles. The lowest BCUT2D eigenvalue weighted by Gasteiger charge is -2.08. The van der Waals surface area contributed by atoms with Gasteiger partial charge in [-0.1, -0.05) is 77.3 Å². The van der Waals surface area contributed by atoms with E-state index in [1.54, 1.807) is 0 Å². The van der Waals surface area contributed by atoms with Crippen LogP contribution in [0.15, 0.2) is 54.7 Å². The molecule has 5 nitrogen and oxygen atoms in total. The van der Waals surface area contributed by atoms with Crippen molar-refractivity contribution in [2.75, 3.05) is 13.2 Å². The molecule has 0 saturated heterocycles. The molecule has 0 N–H and O–H groups in total. The summed E-state index contributed by atoms with van der Waals surface area (Å²) < 4.78 is 11.7. The summed E-state index contributed by atoms with van der Waals surface area (Å²) in [4.78, 5) is 4.65. The molecule has 3 aromatic rings. The Bertz CT molecular complexity index is 979. The van der Waals surface area contributed by atoms with Gasteiger partial charge in [-0.05, 0) is 55.3 Å². The summed E-state index contributed by atoms with van der Waals surface area (Å²) in [7, 11) is 1.11. The van der Waals surface area contributed by atoms with Crippen LogP contribution in [0.2, 0.25) is 12.1 Å². The van der Waals surface area contributed by atoms with Crippen molar-refractivity contribution < 1.29 is 9.47 Å². The summed E-state index contributed by atoms with van der Waals surface area (Å²) in [6, 6.07) is 18.8. The third-order valence-corrected chi connectivity index (χ3v) is 7.74. The quantitative estimate of drug-likeness (QED) is 0.118. The number of nitrogens with zero attached hydrogens (tertiary/aromatic N) is 3. The second kappa shape index (κ2) is 17.7. The molecule has 2 radical (unpaired) electrons. The first-order valence-corrected chi connectivity index (χ1v) is 15.6. The maximum absolute atomic E-state index is 5.92. The summed E-state index contributed by atoms with van der Waals surface area (Å²) >= 11 is 0. The minimum absolute atomic E-state index is 0.580. The maximum Gasteiger partial charge on any atom is 0.233 e. The van der Waals surface area contributed by atoms with E-state index in [9.17, 15) is 0 Å². The fourth-order valence-electron chi connectivity index (χ4n) is 4.02. The Hall–Kier alpha value is -2.73. The van der Waals surface area contributed by atoms with E-state index in [1.165, 1.54) is 63.5 Å². The molecule has 3 rings (SSSR count). The molecule has 1 aromatic carbocycles. The Balaban J connectivity index is 1.39. The molecule has 0 fully saturated rings. The SMILES string of the molecule is CCCCCCCCOc1ccc(-c2ccc(-c3ccc(OCCCC[Si]CCCC)cc3)nc2)nn1. The Morgan fingerprint density at radius 3 is 2.00 bits per heavy atom. The molecular formula is C31H43N3O2Si. The van der Waals surface area contributed by atoms with Crippen molar-refractivity contribution in [2.45, 2.75) is 90.1 Å². The molecule has 0 atom stereocenters. The number of hydrogen-bond donors (Lipinski definition) is 0. The zero-order chi connectivity index (χ0) is 26.0. The molecule has 0 amide bonds. The Labute approximate surface area is 226 Å². The zero-order valence-corrected chi connectivity index (χ0v) is 23.8. The van der Waals surface area contributed by atoms with Gasteiger partial charge in [0.15, 0.2) is 0 Å². The molecule has 0 spiro atoms. The molecule has 0 unspecified atom stereocenters. The summed E-state index contributed by atoms with van der Waals surface area (Å²) in [5.74, 6) is 1.50. The van der Waals surface area contributed by atoms with Gasteiger partial charge in [-0.25, -0.2) is 0 Å². The van der Waals surface area contributed by atoms with Crippen LogP contribution in [0.25, 0.3) is 22.5 Å². The Morgan fingerprint density at radius 2 is 1.27 bits per heavy atom. The number of pyridine rings is 1. The van der Waals surface area contributed by atoms with Gasteiger partial charge in [-0.15, -0.1) is 10.2 Å². The third-order valence-electron chi connectivity index (χ3n) is 6.32. The fourth-order valence-corrected chi connectivity index (χ4v) is 5.37. The summed E-state index contributed by atoms with van der Waals surface area (Å²) in [6.07, 6.45) is 14.4. The van der Waals surface area contributed by atoms with E-state index < -0.39 is 0 Å². The van der Waals surface area contributed by atoms with Crippen LogP contribution in [0.3, 0.4) is 0 Å². The lowest BCUT2D eigenvalue weighted by atomic mass is 10.1. The molecule has 0 aliphatic carbocycles. The fraction of sp³-hybridized carbons (Fsp3) is 0.516.